The summed E-state index contributed by atoms with van der Waals surface area (Å²) in [5.41, 5.74) is 1.63. The van der Waals surface area contributed by atoms with Crippen molar-refractivity contribution in [3.05, 3.63) is 60.2 Å². The fraction of sp³-hybridized carbons (Fsp3) is 0.333. The van der Waals surface area contributed by atoms with Gasteiger partial charge in [-0.05, 0) is 42.7 Å². The molecule has 0 radical (unpaired) electrons. The number of urea groups is 1. The Morgan fingerprint density at radius 3 is 2.07 bits per heavy atom. The lowest BCUT2D eigenvalue weighted by molar-refractivity contribution is -0.124. The summed E-state index contributed by atoms with van der Waals surface area (Å²) >= 11 is 0. The number of amides is 3. The third-order valence-corrected chi connectivity index (χ3v) is 4.24. The highest BCUT2D eigenvalue weighted by atomic mass is 16.5. The van der Waals surface area contributed by atoms with Crippen molar-refractivity contribution < 1.29 is 14.3 Å². The summed E-state index contributed by atoms with van der Waals surface area (Å²) in [5, 5.41) is 8.45. The lowest BCUT2D eigenvalue weighted by Gasteiger charge is -2.24. The quantitative estimate of drug-likeness (QED) is 0.696. The second kappa shape index (κ2) is 9.62. The second-order valence-electron chi connectivity index (χ2n) is 6.69. The Bertz CT molecular complexity index is 745. The lowest BCUT2D eigenvalue weighted by Crippen LogP contribution is -2.51. The molecule has 0 heterocycles. The minimum Gasteiger partial charge on any atom is -0.497 e. The third kappa shape index (κ3) is 6.02. The van der Waals surface area contributed by atoms with E-state index in [1.165, 1.54) is 0 Å². The molecule has 0 aliphatic rings. The number of rotatable bonds is 7. The van der Waals surface area contributed by atoms with Gasteiger partial charge >= 0.3 is 6.03 Å². The molecule has 0 aliphatic heterocycles. The van der Waals surface area contributed by atoms with Crippen LogP contribution in [0.4, 0.5) is 10.5 Å². The maximum Gasteiger partial charge on any atom is 0.319 e. The molecule has 0 fully saturated rings. The van der Waals surface area contributed by atoms with E-state index in [0.717, 1.165) is 5.56 Å². The number of nitrogens with one attached hydrogen (secondary N) is 3. The minimum absolute atomic E-state index is 0.0606. The van der Waals surface area contributed by atoms with Gasteiger partial charge in [-0.15, -0.1) is 0 Å². The number of carbonyl (C=O) groups excluding carboxylic acids is 2. The molecule has 6 nitrogen and oxygen atoms in total. The molecule has 27 heavy (non-hydrogen) atoms. The lowest BCUT2D eigenvalue weighted by atomic mass is 10.0. The maximum absolute atomic E-state index is 12.7. The van der Waals surface area contributed by atoms with E-state index in [4.69, 9.17) is 4.74 Å². The van der Waals surface area contributed by atoms with Crippen LogP contribution in [0.25, 0.3) is 0 Å². The van der Waals surface area contributed by atoms with Crippen LogP contribution in [0.1, 0.15) is 32.4 Å². The Morgan fingerprint density at radius 1 is 0.889 bits per heavy atom. The monoisotopic (exact) mass is 369 g/mol. The normalized spacial score (nSPS) is 12.8. The van der Waals surface area contributed by atoms with E-state index in [1.54, 1.807) is 31.4 Å². The van der Waals surface area contributed by atoms with Crippen LogP contribution in [0.5, 0.6) is 5.75 Å². The fourth-order valence-corrected chi connectivity index (χ4v) is 2.65. The Morgan fingerprint density at radius 2 is 1.52 bits per heavy atom. The molecule has 0 aliphatic carbocycles. The van der Waals surface area contributed by atoms with Gasteiger partial charge in [-0.1, -0.05) is 44.2 Å². The summed E-state index contributed by atoms with van der Waals surface area (Å²) in [5.74, 6) is 0.427. The van der Waals surface area contributed by atoms with E-state index in [2.05, 4.69) is 16.0 Å². The number of methoxy groups -OCH3 is 1. The predicted molar refractivity (Wildman–Crippen MR) is 107 cm³/mol. The van der Waals surface area contributed by atoms with Gasteiger partial charge in [-0.3, -0.25) is 4.79 Å². The van der Waals surface area contributed by atoms with Gasteiger partial charge in [0.05, 0.1) is 13.2 Å². The van der Waals surface area contributed by atoms with E-state index >= 15 is 0 Å². The first-order valence-electron chi connectivity index (χ1n) is 8.97. The van der Waals surface area contributed by atoms with Gasteiger partial charge in [0.1, 0.15) is 11.8 Å². The Kier molecular flexibility index (Phi) is 7.23. The summed E-state index contributed by atoms with van der Waals surface area (Å²) < 4.78 is 5.09. The molecule has 0 spiro atoms. The van der Waals surface area contributed by atoms with Crippen LogP contribution in [0.3, 0.4) is 0 Å². The standard InChI is InChI=1S/C21H27N3O3/c1-14(2)19(20(25)22-15(3)16-8-6-5-7-9-16)24-21(26)23-17-10-12-18(27-4)13-11-17/h5-15,19H,1-4H3,(H,22,25)(H2,23,24,26). The summed E-state index contributed by atoms with van der Waals surface area (Å²) in [6.07, 6.45) is 0. The molecular formula is C21H27N3O3. The fourth-order valence-electron chi connectivity index (χ4n) is 2.65. The number of carbonyl (C=O) groups is 2. The van der Waals surface area contributed by atoms with Crippen molar-refractivity contribution in [3.63, 3.8) is 0 Å². The highest BCUT2D eigenvalue weighted by molar-refractivity contribution is 5.94. The van der Waals surface area contributed by atoms with Crippen molar-refractivity contribution in [1.82, 2.24) is 10.6 Å². The average molecular weight is 369 g/mol. The van der Waals surface area contributed by atoms with Crippen molar-refractivity contribution in [2.75, 3.05) is 12.4 Å². The summed E-state index contributed by atoms with van der Waals surface area (Å²) in [6, 6.07) is 15.5. The van der Waals surface area contributed by atoms with E-state index < -0.39 is 12.1 Å². The van der Waals surface area contributed by atoms with Gasteiger partial charge in [0.25, 0.3) is 0 Å². The third-order valence-electron chi connectivity index (χ3n) is 4.24. The molecule has 2 rings (SSSR count). The zero-order valence-corrected chi connectivity index (χ0v) is 16.2. The van der Waals surface area contributed by atoms with Crippen LogP contribution in [0.2, 0.25) is 0 Å². The first-order valence-corrected chi connectivity index (χ1v) is 8.97. The zero-order valence-electron chi connectivity index (χ0n) is 16.2. The van der Waals surface area contributed by atoms with Crippen LogP contribution >= 0.6 is 0 Å². The van der Waals surface area contributed by atoms with Crippen LogP contribution < -0.4 is 20.7 Å². The molecule has 0 saturated heterocycles. The van der Waals surface area contributed by atoms with E-state index in [-0.39, 0.29) is 17.9 Å². The van der Waals surface area contributed by atoms with E-state index in [0.29, 0.717) is 11.4 Å². The number of benzene rings is 2. The molecule has 2 aromatic rings. The number of anilines is 1. The highest BCUT2D eigenvalue weighted by Crippen LogP contribution is 2.15. The SMILES string of the molecule is COc1ccc(NC(=O)NC(C(=O)NC(C)c2ccccc2)C(C)C)cc1. The molecule has 6 heteroatoms. The average Bonchev–Trinajstić information content (AvgIpc) is 2.67. The molecule has 0 aromatic heterocycles. The van der Waals surface area contributed by atoms with Crippen LogP contribution in [0, 0.1) is 5.92 Å². The number of hydrogen-bond donors (Lipinski definition) is 3. The Labute approximate surface area is 160 Å². The highest BCUT2D eigenvalue weighted by Gasteiger charge is 2.25. The van der Waals surface area contributed by atoms with Crippen LogP contribution in [-0.4, -0.2) is 25.1 Å². The molecule has 3 amide bonds. The van der Waals surface area contributed by atoms with Gasteiger partial charge in [0.2, 0.25) is 5.91 Å². The molecule has 0 bridgehead atoms. The molecular weight excluding hydrogens is 342 g/mol. The summed E-state index contributed by atoms with van der Waals surface area (Å²) in [6.45, 7) is 5.71. The largest absolute Gasteiger partial charge is 0.497 e. The van der Waals surface area contributed by atoms with Gasteiger partial charge in [-0.2, -0.15) is 0 Å². The predicted octanol–water partition coefficient (Wildman–Crippen LogP) is 3.72. The van der Waals surface area contributed by atoms with Gasteiger partial charge in [-0.25, -0.2) is 4.79 Å². The van der Waals surface area contributed by atoms with E-state index in [9.17, 15) is 9.59 Å². The zero-order chi connectivity index (χ0) is 19.8. The summed E-state index contributed by atoms with van der Waals surface area (Å²) in [7, 11) is 1.58. The summed E-state index contributed by atoms with van der Waals surface area (Å²) in [4.78, 5) is 25.0. The maximum atomic E-state index is 12.7. The smallest absolute Gasteiger partial charge is 0.319 e. The molecule has 144 valence electrons. The minimum atomic E-state index is -0.644. The molecule has 0 saturated carbocycles. The molecule has 2 aromatic carbocycles. The Hall–Kier alpha value is -3.02. The topological polar surface area (TPSA) is 79.5 Å². The van der Waals surface area contributed by atoms with Crippen molar-refractivity contribution in [2.24, 2.45) is 5.92 Å². The van der Waals surface area contributed by atoms with Gasteiger partial charge in [0, 0.05) is 5.69 Å². The molecule has 2 unspecified atom stereocenters. The van der Waals surface area contributed by atoms with Gasteiger partial charge < -0.3 is 20.7 Å². The van der Waals surface area contributed by atoms with Crippen molar-refractivity contribution in [2.45, 2.75) is 32.9 Å². The van der Waals surface area contributed by atoms with Crippen LogP contribution in [0.15, 0.2) is 54.6 Å². The van der Waals surface area contributed by atoms with Crippen molar-refractivity contribution in [3.8, 4) is 5.75 Å². The second-order valence-corrected chi connectivity index (χ2v) is 6.69. The van der Waals surface area contributed by atoms with Crippen molar-refractivity contribution in [1.29, 1.82) is 0 Å². The Balaban J connectivity index is 1.96. The molecule has 3 N–H and O–H groups in total. The molecule has 2 atom stereocenters. The van der Waals surface area contributed by atoms with Gasteiger partial charge in [0.15, 0.2) is 0 Å². The number of ether oxygens (including phenoxy) is 1. The first kappa shape index (κ1) is 20.3. The van der Waals surface area contributed by atoms with Crippen molar-refractivity contribution >= 4 is 17.6 Å². The number of hydrogen-bond acceptors (Lipinski definition) is 3. The van der Waals surface area contributed by atoms with E-state index in [1.807, 2.05) is 51.1 Å². The first-order chi connectivity index (χ1) is 12.9. The van der Waals surface area contributed by atoms with Crippen LogP contribution in [-0.2, 0) is 4.79 Å².